The highest BCUT2D eigenvalue weighted by atomic mass is 79.9. The number of rotatable bonds is 3. The predicted molar refractivity (Wildman–Crippen MR) is 83.3 cm³/mol. The molecule has 90 valence electrons. The molecular weight excluding hydrogens is 360 g/mol. The van der Waals surface area contributed by atoms with Crippen molar-refractivity contribution in [2.45, 2.75) is 25.1 Å². The number of halogens is 2. The molecule has 1 aromatic heterocycles. The molecule has 0 fully saturated rings. The minimum Gasteiger partial charge on any atom is -0.146 e. The summed E-state index contributed by atoms with van der Waals surface area (Å²) in [4.78, 5) is 3.22. The van der Waals surface area contributed by atoms with Gasteiger partial charge in [0, 0.05) is 19.1 Å². The van der Waals surface area contributed by atoms with E-state index in [9.17, 15) is 0 Å². The highest BCUT2D eigenvalue weighted by Crippen LogP contribution is 2.34. The quantitative estimate of drug-likeness (QED) is 0.596. The van der Waals surface area contributed by atoms with Crippen LogP contribution in [0, 0.1) is 13.8 Å². The van der Waals surface area contributed by atoms with Gasteiger partial charge in [0.1, 0.15) is 0 Å². The summed E-state index contributed by atoms with van der Waals surface area (Å²) >= 11 is 9.13. The number of alkyl halides is 1. The van der Waals surface area contributed by atoms with Gasteiger partial charge in [0.2, 0.25) is 0 Å². The fourth-order valence-electron chi connectivity index (χ4n) is 1.90. The molecule has 1 heterocycles. The second-order valence-electron chi connectivity index (χ2n) is 4.17. The maximum absolute atomic E-state index is 3.80. The highest BCUT2D eigenvalue weighted by molar-refractivity contribution is 9.10. The van der Waals surface area contributed by atoms with Gasteiger partial charge in [-0.15, -0.1) is 11.3 Å². The molecule has 0 spiro atoms. The Morgan fingerprint density at radius 3 is 2.35 bits per heavy atom. The van der Waals surface area contributed by atoms with Crippen LogP contribution in [0.15, 0.2) is 34.8 Å². The highest BCUT2D eigenvalue weighted by Gasteiger charge is 2.13. The fraction of sp³-hybridized carbons (Fsp3) is 0.286. The van der Waals surface area contributed by atoms with Crippen LogP contribution in [0.1, 0.15) is 25.7 Å². The zero-order valence-corrected chi connectivity index (χ0v) is 13.8. The van der Waals surface area contributed by atoms with Crippen LogP contribution in [0.5, 0.6) is 0 Å². The molecule has 0 saturated carbocycles. The Balaban J connectivity index is 2.14. The average molecular weight is 374 g/mol. The summed E-state index contributed by atoms with van der Waals surface area (Å²) in [5.74, 6) is 0. The van der Waals surface area contributed by atoms with Gasteiger partial charge < -0.3 is 0 Å². The van der Waals surface area contributed by atoms with Gasteiger partial charge in [0.25, 0.3) is 0 Å². The maximum atomic E-state index is 3.80. The van der Waals surface area contributed by atoms with Crippen LogP contribution in [-0.4, -0.2) is 0 Å². The Morgan fingerprint density at radius 1 is 1.18 bits per heavy atom. The number of thiophene rings is 1. The van der Waals surface area contributed by atoms with Gasteiger partial charge in [-0.05, 0) is 49.6 Å². The third-order valence-corrected chi connectivity index (χ3v) is 5.07. The molecule has 1 unspecified atom stereocenters. The second-order valence-corrected chi connectivity index (χ2v) is 7.65. The first kappa shape index (κ1) is 13.3. The molecule has 1 atom stereocenters. The van der Waals surface area contributed by atoms with Crippen LogP contribution in [0.2, 0.25) is 0 Å². The van der Waals surface area contributed by atoms with Crippen LogP contribution in [0.3, 0.4) is 0 Å². The third kappa shape index (κ3) is 3.43. The van der Waals surface area contributed by atoms with Gasteiger partial charge >= 0.3 is 0 Å². The van der Waals surface area contributed by atoms with Crippen molar-refractivity contribution in [3.05, 3.63) is 55.7 Å². The van der Waals surface area contributed by atoms with Crippen molar-refractivity contribution in [3.63, 3.8) is 0 Å². The molecule has 0 aliphatic heterocycles. The largest absolute Gasteiger partial charge is 0.146 e. The van der Waals surface area contributed by atoms with E-state index in [0.717, 1.165) is 10.9 Å². The van der Waals surface area contributed by atoms with Crippen LogP contribution in [0.25, 0.3) is 0 Å². The smallest absolute Gasteiger partial charge is 0.0446 e. The van der Waals surface area contributed by atoms with Crippen molar-refractivity contribution in [1.29, 1.82) is 0 Å². The Labute approximate surface area is 123 Å². The molecular formula is C14H14Br2S. The first-order chi connectivity index (χ1) is 8.06. The van der Waals surface area contributed by atoms with Crippen molar-refractivity contribution in [2.75, 3.05) is 0 Å². The van der Waals surface area contributed by atoms with E-state index < -0.39 is 0 Å². The van der Waals surface area contributed by atoms with E-state index in [0.29, 0.717) is 4.83 Å². The number of hydrogen-bond donors (Lipinski definition) is 0. The molecule has 0 radical (unpaired) electrons. The third-order valence-electron chi connectivity index (χ3n) is 2.75. The lowest BCUT2D eigenvalue weighted by Crippen LogP contribution is -1.95. The lowest BCUT2D eigenvalue weighted by Gasteiger charge is -2.09. The van der Waals surface area contributed by atoms with E-state index in [1.165, 1.54) is 20.9 Å². The van der Waals surface area contributed by atoms with Gasteiger partial charge in [0.05, 0.1) is 0 Å². The summed E-state index contributed by atoms with van der Waals surface area (Å²) in [7, 11) is 0. The minimum atomic E-state index is 0.411. The molecule has 0 aliphatic rings. The molecule has 3 heteroatoms. The number of hydrogen-bond acceptors (Lipinski definition) is 1. The van der Waals surface area contributed by atoms with Crippen molar-refractivity contribution >= 4 is 43.2 Å². The Kier molecular flexibility index (Phi) is 4.45. The van der Waals surface area contributed by atoms with Crippen molar-refractivity contribution in [2.24, 2.45) is 0 Å². The lowest BCUT2D eigenvalue weighted by molar-refractivity contribution is 0.945. The first-order valence-electron chi connectivity index (χ1n) is 5.51. The number of aryl methyl sites for hydroxylation is 2. The average Bonchev–Trinajstić information content (AvgIpc) is 2.61. The fourth-order valence-corrected chi connectivity index (χ4v) is 4.15. The Hall–Kier alpha value is -0.120. The maximum Gasteiger partial charge on any atom is 0.0446 e. The normalized spacial score (nSPS) is 12.7. The Morgan fingerprint density at radius 2 is 1.82 bits per heavy atom. The van der Waals surface area contributed by atoms with Gasteiger partial charge in [-0.2, -0.15) is 0 Å². The second kappa shape index (κ2) is 5.68. The first-order valence-corrected chi connectivity index (χ1v) is 8.04. The molecule has 2 rings (SSSR count). The molecule has 0 nitrogen and oxygen atoms in total. The summed E-state index contributed by atoms with van der Waals surface area (Å²) in [5.41, 5.74) is 2.79. The van der Waals surface area contributed by atoms with Crippen molar-refractivity contribution < 1.29 is 0 Å². The summed E-state index contributed by atoms with van der Waals surface area (Å²) in [5, 5.41) is 0. The molecule has 0 bridgehead atoms. The molecule has 2 aromatic rings. The Bertz CT molecular complexity index is 499. The van der Waals surface area contributed by atoms with Gasteiger partial charge in [-0.3, -0.25) is 0 Å². The van der Waals surface area contributed by atoms with E-state index in [1.807, 2.05) is 11.3 Å². The summed E-state index contributed by atoms with van der Waals surface area (Å²) in [6.45, 7) is 4.36. The van der Waals surface area contributed by atoms with Crippen molar-refractivity contribution in [3.8, 4) is 0 Å². The van der Waals surface area contributed by atoms with E-state index in [2.05, 4.69) is 76.0 Å². The van der Waals surface area contributed by atoms with E-state index in [1.54, 1.807) is 0 Å². The SMILES string of the molecule is Cc1cc(C(Br)Cc2ccc(Br)cc2)c(C)s1. The van der Waals surface area contributed by atoms with Gasteiger partial charge in [-0.1, -0.05) is 44.0 Å². The molecule has 0 aliphatic carbocycles. The van der Waals surface area contributed by atoms with E-state index in [4.69, 9.17) is 0 Å². The van der Waals surface area contributed by atoms with Gasteiger partial charge in [-0.25, -0.2) is 0 Å². The molecule has 17 heavy (non-hydrogen) atoms. The van der Waals surface area contributed by atoms with Crippen LogP contribution in [-0.2, 0) is 6.42 Å². The minimum absolute atomic E-state index is 0.411. The molecule has 1 aromatic carbocycles. The predicted octanol–water partition coefficient (Wildman–Crippen LogP) is 5.81. The van der Waals surface area contributed by atoms with Crippen LogP contribution >= 0.6 is 43.2 Å². The summed E-state index contributed by atoms with van der Waals surface area (Å²) < 4.78 is 1.13. The van der Waals surface area contributed by atoms with Gasteiger partial charge in [0.15, 0.2) is 0 Å². The zero-order valence-electron chi connectivity index (χ0n) is 9.84. The number of benzene rings is 1. The molecule has 0 N–H and O–H groups in total. The lowest BCUT2D eigenvalue weighted by atomic mass is 10.0. The topological polar surface area (TPSA) is 0 Å². The van der Waals surface area contributed by atoms with Crippen LogP contribution in [0.4, 0.5) is 0 Å². The molecule has 0 amide bonds. The standard InChI is InChI=1S/C14H14Br2S/c1-9-7-13(10(2)17-9)14(16)8-11-3-5-12(15)6-4-11/h3-7,14H,8H2,1-2H3. The van der Waals surface area contributed by atoms with E-state index in [-0.39, 0.29) is 0 Å². The summed E-state index contributed by atoms with van der Waals surface area (Å²) in [6, 6.07) is 10.8. The molecule has 0 saturated heterocycles. The monoisotopic (exact) mass is 372 g/mol. The summed E-state index contributed by atoms with van der Waals surface area (Å²) in [6.07, 6.45) is 1.03. The zero-order chi connectivity index (χ0) is 12.4. The van der Waals surface area contributed by atoms with E-state index >= 15 is 0 Å². The van der Waals surface area contributed by atoms with Crippen LogP contribution < -0.4 is 0 Å². The van der Waals surface area contributed by atoms with Crippen molar-refractivity contribution in [1.82, 2.24) is 0 Å².